The van der Waals surface area contributed by atoms with Gasteiger partial charge in [0.25, 0.3) is 0 Å². The number of carbonyl (C=O) groups is 1. The largest absolute Gasteiger partial charge is 0.444 e. The average Bonchev–Trinajstić information content (AvgIpc) is 2.55. The van der Waals surface area contributed by atoms with E-state index >= 15 is 0 Å². The molecule has 0 aromatic rings. The number of hydrogen-bond donors (Lipinski definition) is 1. The molecule has 17 heavy (non-hydrogen) atoms. The molecule has 2 rings (SSSR count). The summed E-state index contributed by atoms with van der Waals surface area (Å²) < 4.78 is 11.0. The molecule has 0 aromatic heterocycles. The van der Waals surface area contributed by atoms with E-state index in [1.54, 1.807) is 4.90 Å². The van der Waals surface area contributed by atoms with Crippen molar-refractivity contribution in [1.82, 2.24) is 4.90 Å². The van der Waals surface area contributed by atoms with Gasteiger partial charge in [-0.25, -0.2) is 4.79 Å². The molecule has 1 unspecified atom stereocenters. The van der Waals surface area contributed by atoms with Crippen LogP contribution in [0.3, 0.4) is 0 Å². The van der Waals surface area contributed by atoms with E-state index in [1.165, 1.54) is 0 Å². The fraction of sp³-hybridized carbons (Fsp3) is 0.917. The maximum Gasteiger partial charge on any atom is 0.410 e. The summed E-state index contributed by atoms with van der Waals surface area (Å²) in [6.07, 6.45) is 0.578. The Balaban J connectivity index is 1.88. The fourth-order valence-electron chi connectivity index (χ4n) is 2.45. The SMILES string of the molecule is CC(C)(C)OC(=O)N1CC2(C1)OCCC2CO. The molecule has 0 aromatic carbocycles. The first kappa shape index (κ1) is 12.6. The summed E-state index contributed by atoms with van der Waals surface area (Å²) in [6, 6.07) is 0. The summed E-state index contributed by atoms with van der Waals surface area (Å²) in [6.45, 7) is 7.42. The first-order valence-electron chi connectivity index (χ1n) is 6.09. The molecule has 1 spiro atoms. The molecule has 1 N–H and O–H groups in total. The minimum Gasteiger partial charge on any atom is -0.444 e. The van der Waals surface area contributed by atoms with E-state index in [4.69, 9.17) is 9.47 Å². The van der Waals surface area contributed by atoms with E-state index in [1.807, 2.05) is 20.8 Å². The van der Waals surface area contributed by atoms with Crippen LogP contribution in [-0.4, -0.2) is 53.6 Å². The summed E-state index contributed by atoms with van der Waals surface area (Å²) in [4.78, 5) is 13.4. The number of ether oxygens (including phenoxy) is 2. The second-order valence-electron chi connectivity index (χ2n) is 5.92. The zero-order valence-electron chi connectivity index (χ0n) is 10.7. The van der Waals surface area contributed by atoms with Gasteiger partial charge in [0.05, 0.1) is 13.1 Å². The topological polar surface area (TPSA) is 59.0 Å². The molecule has 2 fully saturated rings. The van der Waals surface area contributed by atoms with Crippen molar-refractivity contribution >= 4 is 6.09 Å². The van der Waals surface area contributed by atoms with Gasteiger partial charge in [0, 0.05) is 19.1 Å². The van der Waals surface area contributed by atoms with Gasteiger partial charge < -0.3 is 19.5 Å². The summed E-state index contributed by atoms with van der Waals surface area (Å²) in [5.74, 6) is 0.154. The minimum atomic E-state index is -0.466. The lowest BCUT2D eigenvalue weighted by molar-refractivity contribution is -0.134. The van der Waals surface area contributed by atoms with Crippen molar-refractivity contribution in [1.29, 1.82) is 0 Å². The number of carbonyl (C=O) groups excluding carboxylic acids is 1. The molecule has 5 heteroatoms. The second-order valence-corrected chi connectivity index (χ2v) is 5.92. The third kappa shape index (κ3) is 2.40. The lowest BCUT2D eigenvalue weighted by atomic mass is 9.81. The monoisotopic (exact) mass is 243 g/mol. The second kappa shape index (κ2) is 4.14. The Hall–Kier alpha value is -0.810. The molecule has 1 atom stereocenters. The Morgan fingerprint density at radius 3 is 2.71 bits per heavy atom. The van der Waals surface area contributed by atoms with Crippen LogP contribution in [0.5, 0.6) is 0 Å². The van der Waals surface area contributed by atoms with Crippen molar-refractivity contribution in [2.75, 3.05) is 26.3 Å². The summed E-state index contributed by atoms with van der Waals surface area (Å²) in [7, 11) is 0. The molecule has 1 amide bonds. The molecular formula is C12H21NO4. The molecule has 0 saturated carbocycles. The number of nitrogens with zero attached hydrogens (tertiary/aromatic N) is 1. The summed E-state index contributed by atoms with van der Waals surface area (Å²) in [5, 5.41) is 9.26. The van der Waals surface area contributed by atoms with E-state index in [0.717, 1.165) is 6.42 Å². The van der Waals surface area contributed by atoms with E-state index in [9.17, 15) is 9.90 Å². The zero-order valence-corrected chi connectivity index (χ0v) is 10.7. The quantitative estimate of drug-likeness (QED) is 0.746. The Morgan fingerprint density at radius 1 is 1.53 bits per heavy atom. The van der Waals surface area contributed by atoms with Crippen molar-refractivity contribution in [3.05, 3.63) is 0 Å². The standard InChI is InChI=1S/C12H21NO4/c1-11(2,3)17-10(15)13-7-12(8-13)9(6-14)4-5-16-12/h9,14H,4-8H2,1-3H3. The van der Waals surface area contributed by atoms with Gasteiger partial charge in [0.15, 0.2) is 0 Å². The molecule has 0 aliphatic carbocycles. The van der Waals surface area contributed by atoms with Gasteiger partial charge in [0.2, 0.25) is 0 Å². The Labute approximate surface area is 102 Å². The lowest BCUT2D eigenvalue weighted by Gasteiger charge is -2.49. The van der Waals surface area contributed by atoms with Crippen LogP contribution in [0.2, 0.25) is 0 Å². The molecular weight excluding hydrogens is 222 g/mol. The van der Waals surface area contributed by atoms with Gasteiger partial charge >= 0.3 is 6.09 Å². The van der Waals surface area contributed by atoms with Gasteiger partial charge in [-0.3, -0.25) is 0 Å². The number of aliphatic hydroxyl groups excluding tert-OH is 1. The highest BCUT2D eigenvalue weighted by atomic mass is 16.6. The highest BCUT2D eigenvalue weighted by Gasteiger charge is 2.54. The first-order chi connectivity index (χ1) is 7.86. The van der Waals surface area contributed by atoms with Gasteiger partial charge in [-0.05, 0) is 27.2 Å². The van der Waals surface area contributed by atoms with Crippen LogP contribution >= 0.6 is 0 Å². The van der Waals surface area contributed by atoms with Gasteiger partial charge in [-0.15, -0.1) is 0 Å². The van der Waals surface area contributed by atoms with E-state index in [0.29, 0.717) is 19.7 Å². The molecule has 2 aliphatic rings. The predicted octanol–water partition coefficient (Wildman–Crippen LogP) is 1.00. The molecule has 5 nitrogen and oxygen atoms in total. The highest BCUT2D eigenvalue weighted by molar-refractivity contribution is 5.69. The van der Waals surface area contributed by atoms with Gasteiger partial charge in [-0.1, -0.05) is 0 Å². The smallest absolute Gasteiger partial charge is 0.410 e. The van der Waals surface area contributed by atoms with Crippen LogP contribution < -0.4 is 0 Å². The summed E-state index contributed by atoms with van der Waals surface area (Å²) >= 11 is 0. The Bertz CT molecular complexity index is 304. The number of aliphatic hydroxyl groups is 1. The molecule has 2 saturated heterocycles. The predicted molar refractivity (Wildman–Crippen MR) is 61.7 cm³/mol. The maximum atomic E-state index is 11.8. The number of hydrogen-bond acceptors (Lipinski definition) is 4. The molecule has 0 bridgehead atoms. The Kier molecular flexibility index (Phi) is 3.08. The summed E-state index contributed by atoms with van der Waals surface area (Å²) in [5.41, 5.74) is -0.779. The van der Waals surface area contributed by atoms with Gasteiger partial charge in [0.1, 0.15) is 11.2 Å². The third-order valence-electron chi connectivity index (χ3n) is 3.39. The third-order valence-corrected chi connectivity index (χ3v) is 3.39. The van der Waals surface area contributed by atoms with E-state index in [-0.39, 0.29) is 24.2 Å². The minimum absolute atomic E-state index is 0.127. The highest BCUT2D eigenvalue weighted by Crippen LogP contribution is 2.40. The van der Waals surface area contributed by atoms with Gasteiger partial charge in [-0.2, -0.15) is 0 Å². The number of rotatable bonds is 1. The van der Waals surface area contributed by atoms with Crippen LogP contribution in [0.4, 0.5) is 4.79 Å². The fourth-order valence-corrected chi connectivity index (χ4v) is 2.45. The molecule has 2 aliphatic heterocycles. The van der Waals surface area contributed by atoms with E-state index in [2.05, 4.69) is 0 Å². The van der Waals surface area contributed by atoms with Crippen molar-refractivity contribution in [2.45, 2.75) is 38.4 Å². The average molecular weight is 243 g/mol. The van der Waals surface area contributed by atoms with Crippen LogP contribution in [0.1, 0.15) is 27.2 Å². The molecule has 98 valence electrons. The van der Waals surface area contributed by atoms with Crippen LogP contribution in [-0.2, 0) is 9.47 Å². The zero-order chi connectivity index (χ0) is 12.7. The molecule has 0 radical (unpaired) electrons. The van der Waals surface area contributed by atoms with Crippen molar-refractivity contribution < 1.29 is 19.4 Å². The van der Waals surface area contributed by atoms with Crippen LogP contribution in [0.25, 0.3) is 0 Å². The van der Waals surface area contributed by atoms with Crippen molar-refractivity contribution in [2.24, 2.45) is 5.92 Å². The van der Waals surface area contributed by atoms with Crippen molar-refractivity contribution in [3.63, 3.8) is 0 Å². The Morgan fingerprint density at radius 2 is 2.18 bits per heavy atom. The van der Waals surface area contributed by atoms with Crippen LogP contribution in [0, 0.1) is 5.92 Å². The van der Waals surface area contributed by atoms with E-state index < -0.39 is 5.60 Å². The lowest BCUT2D eigenvalue weighted by Crippen LogP contribution is -2.67. The van der Waals surface area contributed by atoms with Crippen molar-refractivity contribution in [3.8, 4) is 0 Å². The number of amides is 1. The maximum absolute atomic E-state index is 11.8. The number of likely N-dealkylation sites (tertiary alicyclic amines) is 1. The normalized spacial score (nSPS) is 27.1. The van der Waals surface area contributed by atoms with Crippen LogP contribution in [0.15, 0.2) is 0 Å². The molecule has 2 heterocycles. The first-order valence-corrected chi connectivity index (χ1v) is 6.09.